The van der Waals surface area contributed by atoms with E-state index in [1.165, 1.54) is 6.42 Å². The summed E-state index contributed by atoms with van der Waals surface area (Å²) in [7, 11) is 0. The molecule has 1 heterocycles. The van der Waals surface area contributed by atoms with E-state index in [2.05, 4.69) is 10.6 Å². The van der Waals surface area contributed by atoms with E-state index in [1.807, 2.05) is 30.3 Å². The van der Waals surface area contributed by atoms with E-state index < -0.39 is 5.60 Å². The molecule has 3 N–H and O–H groups in total. The normalized spacial score (nSPS) is 32.3. The van der Waals surface area contributed by atoms with E-state index >= 15 is 0 Å². The Balaban J connectivity index is 1.53. The van der Waals surface area contributed by atoms with Crippen molar-refractivity contribution in [3.63, 3.8) is 0 Å². The second kappa shape index (κ2) is 5.60. The molecule has 0 radical (unpaired) electrons. The molecule has 3 aliphatic rings. The van der Waals surface area contributed by atoms with Gasteiger partial charge in [-0.2, -0.15) is 0 Å². The fourth-order valence-electron chi connectivity index (χ4n) is 4.69. The van der Waals surface area contributed by atoms with Gasteiger partial charge < -0.3 is 15.7 Å². The summed E-state index contributed by atoms with van der Waals surface area (Å²) in [5, 5.41) is 17.9. The zero-order valence-corrected chi connectivity index (χ0v) is 13.6. The van der Waals surface area contributed by atoms with Crippen LogP contribution in [0.2, 0.25) is 0 Å². The van der Waals surface area contributed by atoms with Gasteiger partial charge in [0.1, 0.15) is 0 Å². The molecule has 3 fully saturated rings. The van der Waals surface area contributed by atoms with Crippen molar-refractivity contribution in [2.24, 2.45) is 17.3 Å². The number of benzene rings is 1. The first kappa shape index (κ1) is 15.2. The largest absolute Gasteiger partial charge is 0.375 e. The number of hydrogen-bond acceptors (Lipinski definition) is 3. The maximum atomic E-state index is 13.0. The molecule has 0 spiro atoms. The number of fused-ring (bicyclic) bond motifs is 1. The molecule has 2 unspecified atom stereocenters. The van der Waals surface area contributed by atoms with E-state index in [0.29, 0.717) is 12.5 Å². The van der Waals surface area contributed by atoms with Crippen molar-refractivity contribution in [3.8, 4) is 0 Å². The lowest BCUT2D eigenvalue weighted by Crippen LogP contribution is -2.50. The lowest BCUT2D eigenvalue weighted by Gasteiger charge is -2.33. The average molecular weight is 314 g/mol. The summed E-state index contributed by atoms with van der Waals surface area (Å²) < 4.78 is 0. The van der Waals surface area contributed by atoms with Gasteiger partial charge in [-0.1, -0.05) is 43.2 Å². The van der Waals surface area contributed by atoms with Crippen molar-refractivity contribution in [1.29, 1.82) is 0 Å². The molecule has 124 valence electrons. The Hall–Kier alpha value is -1.39. The predicted molar refractivity (Wildman–Crippen MR) is 88.7 cm³/mol. The van der Waals surface area contributed by atoms with Crippen LogP contribution in [-0.4, -0.2) is 30.6 Å². The molecular weight excluding hydrogens is 288 g/mol. The molecule has 4 rings (SSSR count). The highest BCUT2D eigenvalue weighted by Crippen LogP contribution is 2.54. The van der Waals surface area contributed by atoms with Gasteiger partial charge in [-0.25, -0.2) is 0 Å². The minimum Gasteiger partial charge on any atom is -0.375 e. The first-order valence-corrected chi connectivity index (χ1v) is 8.92. The molecule has 1 saturated heterocycles. The molecule has 4 heteroatoms. The molecule has 0 bridgehead atoms. The van der Waals surface area contributed by atoms with Crippen LogP contribution < -0.4 is 10.6 Å². The number of carbonyl (C=O) groups is 1. The molecule has 3 atom stereocenters. The summed E-state index contributed by atoms with van der Waals surface area (Å²) >= 11 is 0. The number of carbonyl (C=O) groups excluding carboxylic acids is 1. The minimum atomic E-state index is -1.38. The molecule has 23 heavy (non-hydrogen) atoms. The third-order valence-corrected chi connectivity index (χ3v) is 6.33. The Bertz CT molecular complexity index is 584. The second-order valence-corrected chi connectivity index (χ2v) is 7.69. The van der Waals surface area contributed by atoms with Gasteiger partial charge in [-0.05, 0) is 37.3 Å². The van der Waals surface area contributed by atoms with Crippen molar-refractivity contribution >= 4 is 5.91 Å². The Labute approximate surface area is 137 Å². The van der Waals surface area contributed by atoms with Gasteiger partial charge in [0, 0.05) is 24.4 Å². The van der Waals surface area contributed by atoms with Crippen LogP contribution in [0.25, 0.3) is 0 Å². The van der Waals surface area contributed by atoms with Gasteiger partial charge in [0.05, 0.1) is 0 Å². The molecule has 2 saturated carbocycles. The maximum Gasteiger partial charge on any atom is 0.256 e. The fourth-order valence-corrected chi connectivity index (χ4v) is 4.69. The van der Waals surface area contributed by atoms with Crippen LogP contribution >= 0.6 is 0 Å². The minimum absolute atomic E-state index is 0.0269. The van der Waals surface area contributed by atoms with E-state index in [4.69, 9.17) is 0 Å². The highest BCUT2D eigenvalue weighted by atomic mass is 16.3. The summed E-state index contributed by atoms with van der Waals surface area (Å²) in [6.45, 7) is 2.75. The standard InChI is InChI=1S/C19H26N2O2/c22-17(21-13-18-10-16(18)11-20-12-18)19(23,15-8-4-5-9-15)14-6-2-1-3-7-14/h1-3,6-7,15-16,20,23H,4-5,8-13H2,(H,21,22)/t16-,18?,19?/m1/s1. The molecule has 1 aliphatic heterocycles. The summed E-state index contributed by atoms with van der Waals surface area (Å²) in [6, 6.07) is 9.49. The van der Waals surface area contributed by atoms with Crippen LogP contribution in [0, 0.1) is 17.3 Å². The summed E-state index contributed by atoms with van der Waals surface area (Å²) in [6.07, 6.45) is 5.25. The Morgan fingerprint density at radius 1 is 1.30 bits per heavy atom. The third-order valence-electron chi connectivity index (χ3n) is 6.33. The van der Waals surface area contributed by atoms with Gasteiger partial charge in [0.15, 0.2) is 5.60 Å². The van der Waals surface area contributed by atoms with Crippen LogP contribution in [0.4, 0.5) is 0 Å². The number of hydrogen-bond donors (Lipinski definition) is 3. The molecule has 4 nitrogen and oxygen atoms in total. The number of piperidine rings is 1. The number of aliphatic hydroxyl groups is 1. The van der Waals surface area contributed by atoms with Crippen LogP contribution in [-0.2, 0) is 10.4 Å². The molecule has 1 amide bonds. The first-order chi connectivity index (χ1) is 11.2. The second-order valence-electron chi connectivity index (χ2n) is 7.69. The predicted octanol–water partition coefficient (Wildman–Crippen LogP) is 1.79. The topological polar surface area (TPSA) is 61.4 Å². The maximum absolute atomic E-state index is 13.0. The van der Waals surface area contributed by atoms with Gasteiger partial charge in [-0.3, -0.25) is 4.79 Å². The van der Waals surface area contributed by atoms with E-state index in [-0.39, 0.29) is 17.2 Å². The van der Waals surface area contributed by atoms with Crippen LogP contribution in [0.1, 0.15) is 37.7 Å². The number of nitrogens with one attached hydrogen (secondary N) is 2. The van der Waals surface area contributed by atoms with Crippen LogP contribution in [0.5, 0.6) is 0 Å². The SMILES string of the molecule is O=C(NCC12CNC[C@H]1C2)C(O)(c1ccccc1)C1CCCC1. The van der Waals surface area contributed by atoms with Crippen LogP contribution in [0.3, 0.4) is 0 Å². The lowest BCUT2D eigenvalue weighted by atomic mass is 9.79. The molecule has 0 aromatic heterocycles. The van der Waals surface area contributed by atoms with Crippen molar-refractivity contribution in [1.82, 2.24) is 10.6 Å². The van der Waals surface area contributed by atoms with E-state index in [0.717, 1.165) is 44.3 Å². The number of amides is 1. The van der Waals surface area contributed by atoms with Gasteiger partial charge in [0.2, 0.25) is 0 Å². The highest BCUT2D eigenvalue weighted by molar-refractivity contribution is 5.86. The van der Waals surface area contributed by atoms with Crippen molar-refractivity contribution in [2.75, 3.05) is 19.6 Å². The van der Waals surface area contributed by atoms with Gasteiger partial charge >= 0.3 is 0 Å². The Kier molecular flexibility index (Phi) is 3.69. The summed E-state index contributed by atoms with van der Waals surface area (Å²) in [5.41, 5.74) is -0.396. The summed E-state index contributed by atoms with van der Waals surface area (Å²) in [5.74, 6) is 0.528. The zero-order valence-electron chi connectivity index (χ0n) is 13.6. The quantitative estimate of drug-likeness (QED) is 0.776. The van der Waals surface area contributed by atoms with Crippen molar-refractivity contribution in [3.05, 3.63) is 35.9 Å². The smallest absolute Gasteiger partial charge is 0.256 e. The summed E-state index contributed by atoms with van der Waals surface area (Å²) in [4.78, 5) is 13.0. The average Bonchev–Trinajstić information content (AvgIpc) is 3.00. The molecule has 1 aromatic carbocycles. The monoisotopic (exact) mass is 314 g/mol. The first-order valence-electron chi connectivity index (χ1n) is 8.92. The van der Waals surface area contributed by atoms with Crippen LogP contribution in [0.15, 0.2) is 30.3 Å². The highest BCUT2D eigenvalue weighted by Gasteiger charge is 2.57. The Morgan fingerprint density at radius 3 is 2.65 bits per heavy atom. The van der Waals surface area contributed by atoms with Gasteiger partial charge in [0.25, 0.3) is 5.91 Å². The van der Waals surface area contributed by atoms with Crippen molar-refractivity contribution < 1.29 is 9.90 Å². The molecular formula is C19H26N2O2. The van der Waals surface area contributed by atoms with E-state index in [1.54, 1.807) is 0 Å². The third kappa shape index (κ3) is 2.48. The molecule has 2 aliphatic carbocycles. The molecule has 1 aromatic rings. The van der Waals surface area contributed by atoms with E-state index in [9.17, 15) is 9.90 Å². The number of rotatable bonds is 5. The zero-order chi connectivity index (χ0) is 15.9. The Morgan fingerprint density at radius 2 is 2.04 bits per heavy atom. The van der Waals surface area contributed by atoms with Gasteiger partial charge in [-0.15, -0.1) is 0 Å². The lowest BCUT2D eigenvalue weighted by molar-refractivity contribution is -0.147. The van der Waals surface area contributed by atoms with Crippen molar-refractivity contribution in [2.45, 2.75) is 37.7 Å². The fraction of sp³-hybridized carbons (Fsp3) is 0.632.